The Morgan fingerprint density at radius 3 is 2.86 bits per heavy atom. The van der Waals surface area contributed by atoms with Crippen LogP contribution in [-0.4, -0.2) is 38.0 Å². The highest BCUT2D eigenvalue weighted by atomic mass is 15.1. The number of piperidine rings is 1. The Morgan fingerprint density at radius 2 is 2.00 bits per heavy atom. The van der Waals surface area contributed by atoms with E-state index in [0.717, 1.165) is 71.0 Å². The maximum absolute atomic E-state index is 4.96. The van der Waals surface area contributed by atoms with E-state index in [1.165, 1.54) is 0 Å². The van der Waals surface area contributed by atoms with E-state index in [-0.39, 0.29) is 0 Å². The van der Waals surface area contributed by atoms with Crippen LogP contribution in [0.3, 0.4) is 0 Å². The number of pyridine rings is 2. The number of hydrogen-bond acceptors (Lipinski definition) is 6. The minimum Gasteiger partial charge on any atom is -0.360 e. The summed E-state index contributed by atoms with van der Waals surface area (Å²) in [5.74, 6) is 1.94. The van der Waals surface area contributed by atoms with Crippen LogP contribution in [0.1, 0.15) is 30.1 Å². The zero-order chi connectivity index (χ0) is 19.6. The molecule has 0 spiro atoms. The van der Waals surface area contributed by atoms with Crippen molar-refractivity contribution in [2.75, 3.05) is 18.4 Å². The van der Waals surface area contributed by atoms with Crippen LogP contribution < -0.4 is 10.6 Å². The maximum Gasteiger partial charge on any atom is 0.135 e. The van der Waals surface area contributed by atoms with Gasteiger partial charge in [0.1, 0.15) is 11.6 Å². The molecule has 1 aliphatic rings. The Kier molecular flexibility index (Phi) is 4.65. The van der Waals surface area contributed by atoms with Crippen molar-refractivity contribution >= 4 is 22.4 Å². The van der Waals surface area contributed by atoms with Gasteiger partial charge >= 0.3 is 0 Å². The fraction of sp³-hybridized carbons (Fsp3) is 0.273. The zero-order valence-electron chi connectivity index (χ0n) is 16.3. The summed E-state index contributed by atoms with van der Waals surface area (Å²) in [5, 5.41) is 7.99. The van der Waals surface area contributed by atoms with Gasteiger partial charge in [-0.05, 0) is 44.0 Å². The molecule has 146 valence electrons. The molecular formula is C22H23N7. The maximum atomic E-state index is 4.96. The van der Waals surface area contributed by atoms with Crippen molar-refractivity contribution in [2.24, 2.45) is 0 Å². The summed E-state index contributed by atoms with van der Waals surface area (Å²) < 4.78 is 0. The molecule has 0 bridgehead atoms. The van der Waals surface area contributed by atoms with Crippen molar-refractivity contribution in [3.05, 3.63) is 60.6 Å². The Labute approximate surface area is 169 Å². The van der Waals surface area contributed by atoms with Crippen LogP contribution in [0.4, 0.5) is 11.5 Å². The molecule has 0 saturated carbocycles. The normalized spacial score (nSPS) is 16.8. The first-order chi connectivity index (χ1) is 14.3. The molecule has 0 aromatic carbocycles. The number of hydrogen-bond donors (Lipinski definition) is 3. The summed E-state index contributed by atoms with van der Waals surface area (Å²) in [5.41, 5.74) is 4.89. The molecule has 1 atom stereocenters. The first-order valence-electron chi connectivity index (χ1n) is 9.96. The van der Waals surface area contributed by atoms with Crippen molar-refractivity contribution in [3.63, 3.8) is 0 Å². The lowest BCUT2D eigenvalue weighted by atomic mass is 9.98. The highest BCUT2D eigenvalue weighted by molar-refractivity contribution is 5.93. The number of aryl methyl sites for hydroxylation is 1. The number of fused-ring (bicyclic) bond motifs is 1. The summed E-state index contributed by atoms with van der Waals surface area (Å²) in [6.45, 7) is 3.99. The van der Waals surface area contributed by atoms with Crippen LogP contribution >= 0.6 is 0 Å². The molecule has 4 aromatic rings. The topological polar surface area (TPSA) is 91.4 Å². The van der Waals surface area contributed by atoms with Crippen LogP contribution in [0.5, 0.6) is 0 Å². The standard InChI is InChI=1S/C22H23N7/c1-14-7-16(11-24-9-14)27-21-8-19(18-12-25-13-20-17(18)4-6-26-20)28-22(29-21)15-3-2-5-23-10-15/h4,6-9,11-13,15,23,26H,2-3,5,10H2,1H3,(H,27,28,29). The van der Waals surface area contributed by atoms with E-state index < -0.39 is 0 Å². The smallest absolute Gasteiger partial charge is 0.135 e. The second-order valence-corrected chi connectivity index (χ2v) is 7.54. The first-order valence-corrected chi connectivity index (χ1v) is 9.96. The SMILES string of the molecule is Cc1cncc(Nc2cc(-c3cncc4[nH]ccc34)nc(C3CCCNC3)n2)c1. The highest BCUT2D eigenvalue weighted by Crippen LogP contribution is 2.30. The van der Waals surface area contributed by atoms with Crippen molar-refractivity contribution in [3.8, 4) is 11.3 Å². The van der Waals surface area contributed by atoms with E-state index >= 15 is 0 Å². The van der Waals surface area contributed by atoms with Gasteiger partial charge in [0.2, 0.25) is 0 Å². The summed E-state index contributed by atoms with van der Waals surface area (Å²) in [6, 6.07) is 6.12. The Hall–Kier alpha value is -3.32. The van der Waals surface area contributed by atoms with Gasteiger partial charge in [0.05, 0.1) is 29.3 Å². The van der Waals surface area contributed by atoms with E-state index in [2.05, 4.69) is 37.7 Å². The number of aromatic amines is 1. The molecule has 5 rings (SSSR count). The van der Waals surface area contributed by atoms with Gasteiger partial charge in [0.25, 0.3) is 0 Å². The highest BCUT2D eigenvalue weighted by Gasteiger charge is 2.20. The molecule has 0 amide bonds. The molecule has 1 unspecified atom stereocenters. The fourth-order valence-electron chi connectivity index (χ4n) is 3.88. The van der Waals surface area contributed by atoms with E-state index in [1.54, 1.807) is 0 Å². The Balaban J connectivity index is 1.60. The second kappa shape index (κ2) is 7.60. The van der Waals surface area contributed by atoms with E-state index in [4.69, 9.17) is 9.97 Å². The van der Waals surface area contributed by atoms with E-state index in [9.17, 15) is 0 Å². The predicted octanol–water partition coefficient (Wildman–Crippen LogP) is 3.93. The zero-order valence-corrected chi connectivity index (χ0v) is 16.3. The molecule has 0 radical (unpaired) electrons. The minimum absolute atomic E-state index is 0.304. The van der Waals surface area contributed by atoms with Gasteiger partial charge in [-0.2, -0.15) is 0 Å². The average molecular weight is 385 g/mol. The monoisotopic (exact) mass is 385 g/mol. The number of rotatable bonds is 4. The largest absolute Gasteiger partial charge is 0.360 e. The summed E-state index contributed by atoms with van der Waals surface area (Å²) in [6.07, 6.45) is 11.5. The molecule has 5 heterocycles. The van der Waals surface area contributed by atoms with E-state index in [0.29, 0.717) is 5.92 Å². The van der Waals surface area contributed by atoms with Gasteiger partial charge in [-0.25, -0.2) is 9.97 Å². The minimum atomic E-state index is 0.304. The molecule has 1 aliphatic heterocycles. The predicted molar refractivity (Wildman–Crippen MR) is 114 cm³/mol. The lowest BCUT2D eigenvalue weighted by molar-refractivity contribution is 0.447. The van der Waals surface area contributed by atoms with Gasteiger partial charge in [-0.3, -0.25) is 9.97 Å². The lowest BCUT2D eigenvalue weighted by Gasteiger charge is -2.22. The molecule has 7 heteroatoms. The fourth-order valence-corrected chi connectivity index (χ4v) is 3.88. The number of anilines is 2. The third-order valence-electron chi connectivity index (χ3n) is 5.31. The van der Waals surface area contributed by atoms with Gasteiger partial charge in [0, 0.05) is 48.1 Å². The Bertz CT molecular complexity index is 1140. The molecule has 1 saturated heterocycles. The third kappa shape index (κ3) is 3.69. The molecule has 1 fully saturated rings. The number of nitrogens with one attached hydrogen (secondary N) is 3. The molecule has 3 N–H and O–H groups in total. The third-order valence-corrected chi connectivity index (χ3v) is 5.31. The van der Waals surface area contributed by atoms with Crippen LogP contribution in [0.2, 0.25) is 0 Å². The van der Waals surface area contributed by atoms with Crippen molar-refractivity contribution in [1.29, 1.82) is 0 Å². The van der Waals surface area contributed by atoms with Crippen LogP contribution in [0.15, 0.2) is 49.2 Å². The first kappa shape index (κ1) is 17.8. The lowest BCUT2D eigenvalue weighted by Crippen LogP contribution is -2.29. The van der Waals surface area contributed by atoms with E-state index in [1.807, 2.05) is 44.0 Å². The number of nitrogens with zero attached hydrogens (tertiary/aromatic N) is 4. The van der Waals surface area contributed by atoms with Gasteiger partial charge in [0.15, 0.2) is 0 Å². The van der Waals surface area contributed by atoms with Crippen LogP contribution in [-0.2, 0) is 0 Å². The van der Waals surface area contributed by atoms with Crippen molar-refractivity contribution in [2.45, 2.75) is 25.7 Å². The van der Waals surface area contributed by atoms with Gasteiger partial charge < -0.3 is 15.6 Å². The molecule has 4 aromatic heterocycles. The number of H-pyrrole nitrogens is 1. The molecule has 29 heavy (non-hydrogen) atoms. The van der Waals surface area contributed by atoms with Gasteiger partial charge in [-0.15, -0.1) is 0 Å². The Morgan fingerprint density at radius 1 is 1.07 bits per heavy atom. The van der Waals surface area contributed by atoms with Crippen LogP contribution in [0, 0.1) is 6.92 Å². The van der Waals surface area contributed by atoms with Gasteiger partial charge in [-0.1, -0.05) is 0 Å². The van der Waals surface area contributed by atoms with Crippen molar-refractivity contribution in [1.82, 2.24) is 30.2 Å². The van der Waals surface area contributed by atoms with Crippen LogP contribution in [0.25, 0.3) is 22.2 Å². The summed E-state index contributed by atoms with van der Waals surface area (Å²) >= 11 is 0. The van der Waals surface area contributed by atoms with Crippen molar-refractivity contribution < 1.29 is 0 Å². The quantitative estimate of drug-likeness (QED) is 0.493. The summed E-state index contributed by atoms with van der Waals surface area (Å²) in [4.78, 5) is 21.7. The second-order valence-electron chi connectivity index (χ2n) is 7.54. The summed E-state index contributed by atoms with van der Waals surface area (Å²) in [7, 11) is 0. The average Bonchev–Trinajstić information content (AvgIpc) is 3.23. The molecule has 0 aliphatic carbocycles. The number of aromatic nitrogens is 5. The molecular weight excluding hydrogens is 362 g/mol. The molecule has 7 nitrogen and oxygen atoms in total.